The lowest BCUT2D eigenvalue weighted by atomic mass is 9.96. The average Bonchev–Trinajstić information content (AvgIpc) is 2.70. The Kier molecular flexibility index (Phi) is 9.41. The van der Waals surface area contributed by atoms with Crippen LogP contribution in [-0.2, 0) is 6.42 Å². The molecule has 0 bridgehead atoms. The number of nitrogens with zero attached hydrogens (tertiary/aromatic N) is 1. The number of aliphatic hydroxyl groups excluding tert-OH is 1. The van der Waals surface area contributed by atoms with Crippen LogP contribution in [0.3, 0.4) is 0 Å². The molecule has 2 nitrogen and oxygen atoms in total. The van der Waals surface area contributed by atoms with Crippen LogP contribution >= 0.6 is 0 Å². The minimum Gasteiger partial charge on any atom is -0.388 e. The predicted octanol–water partition coefficient (Wildman–Crippen LogP) is 6.88. The first-order valence-corrected chi connectivity index (χ1v) is 10.5. The normalized spacial score (nSPS) is 12.3. The van der Waals surface area contributed by atoms with Crippen molar-refractivity contribution in [3.63, 3.8) is 0 Å². The summed E-state index contributed by atoms with van der Waals surface area (Å²) in [5.41, 5.74) is 4.35. The predicted molar refractivity (Wildman–Crippen MR) is 111 cm³/mol. The molecule has 1 aromatic carbocycles. The van der Waals surface area contributed by atoms with Crippen LogP contribution in [0, 0.1) is 0 Å². The standard InChI is InChI=1S/C24H35NO/c1-3-5-6-7-8-9-10-11-14-21-18-17-20(19-25-21)22-15-12-13-16-23(22)24(26)4-2/h12-13,15-19,24,26H,3-11,14H2,1-2H3. The number of aryl methyl sites for hydroxylation is 1. The number of hydrogen-bond donors (Lipinski definition) is 1. The zero-order valence-electron chi connectivity index (χ0n) is 16.6. The molecule has 0 radical (unpaired) electrons. The Morgan fingerprint density at radius 1 is 0.846 bits per heavy atom. The molecule has 1 heterocycles. The van der Waals surface area contributed by atoms with Crippen LogP contribution in [-0.4, -0.2) is 10.1 Å². The lowest BCUT2D eigenvalue weighted by Gasteiger charge is -2.14. The molecule has 0 spiro atoms. The topological polar surface area (TPSA) is 33.1 Å². The van der Waals surface area contributed by atoms with Crippen molar-refractivity contribution in [3.8, 4) is 11.1 Å². The molecular formula is C24H35NO. The van der Waals surface area contributed by atoms with Gasteiger partial charge in [0, 0.05) is 17.5 Å². The molecule has 1 atom stereocenters. The molecule has 0 saturated carbocycles. The lowest BCUT2D eigenvalue weighted by molar-refractivity contribution is 0.174. The number of pyridine rings is 1. The maximum absolute atomic E-state index is 10.2. The van der Waals surface area contributed by atoms with Crippen LogP contribution in [0.25, 0.3) is 11.1 Å². The molecule has 0 aliphatic rings. The number of aliphatic hydroxyl groups is 1. The molecule has 0 amide bonds. The van der Waals surface area contributed by atoms with E-state index in [1.165, 1.54) is 57.1 Å². The Balaban J connectivity index is 1.82. The lowest BCUT2D eigenvalue weighted by Crippen LogP contribution is -1.98. The third-order valence-electron chi connectivity index (χ3n) is 5.13. The highest BCUT2D eigenvalue weighted by atomic mass is 16.3. The Morgan fingerprint density at radius 3 is 2.19 bits per heavy atom. The van der Waals surface area contributed by atoms with Crippen molar-refractivity contribution in [2.24, 2.45) is 0 Å². The number of rotatable bonds is 12. The second-order valence-electron chi connectivity index (χ2n) is 7.27. The fourth-order valence-electron chi connectivity index (χ4n) is 3.44. The van der Waals surface area contributed by atoms with Crippen molar-refractivity contribution < 1.29 is 5.11 Å². The van der Waals surface area contributed by atoms with Crippen molar-refractivity contribution in [2.45, 2.75) is 84.2 Å². The Labute approximate surface area is 159 Å². The molecule has 26 heavy (non-hydrogen) atoms. The molecule has 0 saturated heterocycles. The maximum Gasteiger partial charge on any atom is 0.0793 e. The van der Waals surface area contributed by atoms with E-state index < -0.39 is 6.10 Å². The van der Waals surface area contributed by atoms with Gasteiger partial charge in [-0.25, -0.2) is 0 Å². The van der Waals surface area contributed by atoms with Crippen LogP contribution in [0.1, 0.15) is 89.0 Å². The number of aromatic nitrogens is 1. The van der Waals surface area contributed by atoms with Gasteiger partial charge in [0.05, 0.1) is 6.10 Å². The van der Waals surface area contributed by atoms with E-state index in [1.807, 2.05) is 31.3 Å². The summed E-state index contributed by atoms with van der Waals surface area (Å²) in [6.45, 7) is 4.27. The van der Waals surface area contributed by atoms with Gasteiger partial charge in [-0.1, -0.05) is 89.1 Å². The van der Waals surface area contributed by atoms with Gasteiger partial charge in [0.15, 0.2) is 0 Å². The van der Waals surface area contributed by atoms with Gasteiger partial charge in [0.2, 0.25) is 0 Å². The summed E-state index contributed by atoms with van der Waals surface area (Å²) in [5, 5.41) is 10.2. The molecular weight excluding hydrogens is 318 g/mol. The zero-order chi connectivity index (χ0) is 18.6. The first-order chi connectivity index (χ1) is 12.8. The molecule has 2 heteroatoms. The van der Waals surface area contributed by atoms with Crippen molar-refractivity contribution in [1.29, 1.82) is 0 Å². The van der Waals surface area contributed by atoms with Gasteiger partial charge in [0.1, 0.15) is 0 Å². The molecule has 0 aliphatic heterocycles. The Bertz CT molecular complexity index is 620. The van der Waals surface area contributed by atoms with E-state index in [9.17, 15) is 5.11 Å². The Hall–Kier alpha value is -1.67. The minimum absolute atomic E-state index is 0.414. The Morgan fingerprint density at radius 2 is 1.54 bits per heavy atom. The van der Waals surface area contributed by atoms with E-state index >= 15 is 0 Å². The highest BCUT2D eigenvalue weighted by molar-refractivity contribution is 5.67. The minimum atomic E-state index is -0.414. The summed E-state index contributed by atoms with van der Waals surface area (Å²) in [4.78, 5) is 4.66. The smallest absolute Gasteiger partial charge is 0.0793 e. The van der Waals surface area contributed by atoms with Crippen molar-refractivity contribution >= 4 is 0 Å². The van der Waals surface area contributed by atoms with E-state index in [0.29, 0.717) is 0 Å². The summed E-state index contributed by atoms with van der Waals surface area (Å²) in [5.74, 6) is 0. The molecule has 1 unspecified atom stereocenters. The fourth-order valence-corrected chi connectivity index (χ4v) is 3.44. The van der Waals surface area contributed by atoms with Gasteiger partial charge in [-0.05, 0) is 36.5 Å². The van der Waals surface area contributed by atoms with Crippen LogP contribution in [0.2, 0.25) is 0 Å². The second-order valence-corrected chi connectivity index (χ2v) is 7.27. The van der Waals surface area contributed by atoms with E-state index in [2.05, 4.69) is 30.1 Å². The largest absolute Gasteiger partial charge is 0.388 e. The second kappa shape index (κ2) is 11.9. The van der Waals surface area contributed by atoms with Gasteiger partial charge < -0.3 is 5.11 Å². The summed E-state index contributed by atoms with van der Waals surface area (Å²) < 4.78 is 0. The summed E-state index contributed by atoms with van der Waals surface area (Å²) in [6.07, 6.45) is 14.1. The van der Waals surface area contributed by atoms with Crippen LogP contribution in [0.4, 0.5) is 0 Å². The van der Waals surface area contributed by atoms with Crippen molar-refractivity contribution in [1.82, 2.24) is 4.98 Å². The molecule has 0 aliphatic carbocycles. The number of hydrogen-bond acceptors (Lipinski definition) is 2. The molecule has 1 N–H and O–H groups in total. The average molecular weight is 354 g/mol. The van der Waals surface area contributed by atoms with Gasteiger partial charge >= 0.3 is 0 Å². The van der Waals surface area contributed by atoms with Crippen LogP contribution in [0.15, 0.2) is 42.6 Å². The third-order valence-corrected chi connectivity index (χ3v) is 5.13. The highest BCUT2D eigenvalue weighted by Crippen LogP contribution is 2.29. The third kappa shape index (κ3) is 6.57. The van der Waals surface area contributed by atoms with Crippen molar-refractivity contribution in [3.05, 3.63) is 53.9 Å². The number of unbranched alkanes of at least 4 members (excludes halogenated alkanes) is 7. The molecule has 142 valence electrons. The maximum atomic E-state index is 10.2. The van der Waals surface area contributed by atoms with Crippen LogP contribution < -0.4 is 0 Å². The van der Waals surface area contributed by atoms with E-state index in [-0.39, 0.29) is 0 Å². The van der Waals surface area contributed by atoms with E-state index in [4.69, 9.17) is 0 Å². The highest BCUT2D eigenvalue weighted by Gasteiger charge is 2.11. The van der Waals surface area contributed by atoms with Gasteiger partial charge in [-0.15, -0.1) is 0 Å². The summed E-state index contributed by atoms with van der Waals surface area (Å²) in [7, 11) is 0. The molecule has 1 aromatic heterocycles. The van der Waals surface area contributed by atoms with Crippen LogP contribution in [0.5, 0.6) is 0 Å². The fraction of sp³-hybridized carbons (Fsp3) is 0.542. The summed E-state index contributed by atoms with van der Waals surface area (Å²) >= 11 is 0. The van der Waals surface area contributed by atoms with Gasteiger partial charge in [0.25, 0.3) is 0 Å². The molecule has 2 rings (SSSR count). The van der Waals surface area contributed by atoms with Gasteiger partial charge in [-0.3, -0.25) is 4.98 Å². The first-order valence-electron chi connectivity index (χ1n) is 10.5. The number of benzene rings is 1. The summed E-state index contributed by atoms with van der Waals surface area (Å²) in [6, 6.07) is 12.4. The quantitative estimate of drug-likeness (QED) is 0.422. The molecule has 0 fully saturated rings. The van der Waals surface area contributed by atoms with E-state index in [1.54, 1.807) is 0 Å². The SMILES string of the molecule is CCCCCCCCCCc1ccc(-c2ccccc2C(O)CC)cn1. The zero-order valence-corrected chi connectivity index (χ0v) is 16.6. The van der Waals surface area contributed by atoms with Gasteiger partial charge in [-0.2, -0.15) is 0 Å². The van der Waals surface area contributed by atoms with Crippen molar-refractivity contribution in [2.75, 3.05) is 0 Å². The first kappa shape index (κ1) is 20.6. The monoisotopic (exact) mass is 353 g/mol. The molecule has 2 aromatic rings. The van der Waals surface area contributed by atoms with E-state index in [0.717, 1.165) is 29.5 Å².